The van der Waals surface area contributed by atoms with E-state index in [9.17, 15) is 13.2 Å². The monoisotopic (exact) mass is 413 g/mol. The lowest BCUT2D eigenvalue weighted by Gasteiger charge is -2.26. The Bertz CT molecular complexity index is 929. The van der Waals surface area contributed by atoms with E-state index >= 15 is 0 Å². The van der Waals surface area contributed by atoms with Gasteiger partial charge in [0.1, 0.15) is 10.0 Å². The third-order valence-electron chi connectivity index (χ3n) is 4.13. The summed E-state index contributed by atoms with van der Waals surface area (Å²) in [6.07, 6.45) is 3.98. The Morgan fingerprint density at radius 2 is 1.81 bits per heavy atom. The smallest absolute Gasteiger partial charge is 0.257 e. The van der Waals surface area contributed by atoms with Gasteiger partial charge in [0.25, 0.3) is 5.91 Å². The van der Waals surface area contributed by atoms with Crippen molar-refractivity contribution in [2.45, 2.75) is 24.2 Å². The predicted molar refractivity (Wildman–Crippen MR) is 101 cm³/mol. The van der Waals surface area contributed by atoms with Crippen LogP contribution in [0.3, 0.4) is 0 Å². The first kappa shape index (κ1) is 19.1. The number of nitrogens with one attached hydrogen (secondary N) is 1. The zero-order valence-corrected chi connectivity index (χ0v) is 16.1. The molecule has 9 heteroatoms. The van der Waals surface area contributed by atoms with Gasteiger partial charge in [0.2, 0.25) is 10.0 Å². The predicted octanol–water partition coefficient (Wildman–Crippen LogP) is 3.82. The molecular formula is C17H17Cl2N3O3S. The molecule has 1 fully saturated rings. The highest BCUT2D eigenvalue weighted by Crippen LogP contribution is 2.27. The lowest BCUT2D eigenvalue weighted by molar-refractivity contribution is 0.102. The van der Waals surface area contributed by atoms with Gasteiger partial charge in [-0.05, 0) is 31.0 Å². The van der Waals surface area contributed by atoms with E-state index in [2.05, 4.69) is 10.3 Å². The van der Waals surface area contributed by atoms with Crippen LogP contribution in [0, 0.1) is 0 Å². The molecule has 1 aromatic heterocycles. The fourth-order valence-electron chi connectivity index (χ4n) is 2.78. The number of carbonyl (C=O) groups is 1. The van der Waals surface area contributed by atoms with E-state index < -0.39 is 15.9 Å². The number of aromatic nitrogens is 1. The van der Waals surface area contributed by atoms with Gasteiger partial charge < -0.3 is 5.32 Å². The van der Waals surface area contributed by atoms with Gasteiger partial charge in [-0.2, -0.15) is 4.31 Å². The molecule has 1 aliphatic heterocycles. The summed E-state index contributed by atoms with van der Waals surface area (Å²) >= 11 is 11.6. The normalized spacial score (nSPS) is 15.6. The van der Waals surface area contributed by atoms with Crippen LogP contribution in [0.1, 0.15) is 29.6 Å². The second-order valence-corrected chi connectivity index (χ2v) is 8.58. The maximum atomic E-state index is 12.9. The minimum absolute atomic E-state index is 0.0725. The molecule has 0 radical (unpaired) electrons. The molecule has 0 bridgehead atoms. The maximum Gasteiger partial charge on any atom is 0.257 e. The van der Waals surface area contributed by atoms with Crippen molar-refractivity contribution in [2.75, 3.05) is 18.4 Å². The number of carbonyl (C=O) groups excluding carboxylic acids is 1. The molecule has 26 heavy (non-hydrogen) atoms. The van der Waals surface area contributed by atoms with E-state index in [1.165, 1.54) is 22.6 Å². The van der Waals surface area contributed by atoms with Crippen molar-refractivity contribution < 1.29 is 13.2 Å². The van der Waals surface area contributed by atoms with Crippen LogP contribution in [0.15, 0.2) is 41.4 Å². The number of pyridine rings is 1. The molecule has 1 aromatic carbocycles. The highest BCUT2D eigenvalue weighted by molar-refractivity contribution is 7.89. The summed E-state index contributed by atoms with van der Waals surface area (Å²) in [5.74, 6) is -0.516. The maximum absolute atomic E-state index is 12.9. The minimum atomic E-state index is -3.68. The van der Waals surface area contributed by atoms with Crippen molar-refractivity contribution in [2.24, 2.45) is 0 Å². The third kappa shape index (κ3) is 4.01. The van der Waals surface area contributed by atoms with E-state index in [1.807, 2.05) is 0 Å². The lowest BCUT2D eigenvalue weighted by atomic mass is 10.2. The van der Waals surface area contributed by atoms with Gasteiger partial charge >= 0.3 is 0 Å². The second-order valence-electron chi connectivity index (χ2n) is 5.91. The van der Waals surface area contributed by atoms with E-state index in [0.717, 1.165) is 19.3 Å². The molecule has 0 unspecified atom stereocenters. The van der Waals surface area contributed by atoms with Crippen LogP contribution in [0.25, 0.3) is 0 Å². The van der Waals surface area contributed by atoms with Crippen LogP contribution in [0.4, 0.5) is 5.69 Å². The van der Waals surface area contributed by atoms with Crippen LogP contribution < -0.4 is 5.32 Å². The fraction of sp³-hybridized carbons (Fsp3) is 0.294. The number of sulfonamides is 1. The Balaban J connectivity index is 1.89. The Hall–Kier alpha value is -1.67. The SMILES string of the molecule is O=C(Nc1ccccc1S(=O)(=O)N1CCCCC1)c1cnc(Cl)c(Cl)c1. The molecule has 2 aromatic rings. The molecule has 0 saturated carbocycles. The summed E-state index contributed by atoms with van der Waals surface area (Å²) in [5, 5.41) is 2.87. The molecule has 3 rings (SSSR count). The number of hydrogen-bond donors (Lipinski definition) is 1. The molecule has 1 N–H and O–H groups in total. The number of amides is 1. The van der Waals surface area contributed by atoms with E-state index in [4.69, 9.17) is 23.2 Å². The van der Waals surface area contributed by atoms with Gasteiger partial charge in [0, 0.05) is 19.3 Å². The summed E-state index contributed by atoms with van der Waals surface area (Å²) in [6, 6.07) is 7.73. The van der Waals surface area contributed by atoms with Crippen LogP contribution >= 0.6 is 23.2 Å². The molecule has 6 nitrogen and oxygen atoms in total. The molecule has 1 saturated heterocycles. The fourth-order valence-corrected chi connectivity index (χ4v) is 4.71. The average Bonchev–Trinajstić information content (AvgIpc) is 2.65. The number of nitrogens with zero attached hydrogens (tertiary/aromatic N) is 2. The van der Waals surface area contributed by atoms with Gasteiger partial charge in [-0.1, -0.05) is 41.8 Å². The third-order valence-corrected chi connectivity index (χ3v) is 6.77. The Morgan fingerprint density at radius 3 is 2.50 bits per heavy atom. The molecule has 0 aliphatic carbocycles. The van der Waals surface area contributed by atoms with Crippen molar-refractivity contribution in [1.29, 1.82) is 0 Å². The Morgan fingerprint density at radius 1 is 1.12 bits per heavy atom. The van der Waals surface area contributed by atoms with E-state index in [1.54, 1.807) is 18.2 Å². The van der Waals surface area contributed by atoms with Crippen LogP contribution in [0.5, 0.6) is 0 Å². The summed E-state index contributed by atoms with van der Waals surface area (Å²) in [7, 11) is -3.68. The molecular weight excluding hydrogens is 397 g/mol. The minimum Gasteiger partial charge on any atom is -0.321 e. The van der Waals surface area contributed by atoms with Crippen molar-refractivity contribution in [3.63, 3.8) is 0 Å². The number of piperidine rings is 1. The highest BCUT2D eigenvalue weighted by Gasteiger charge is 2.28. The molecule has 0 atom stereocenters. The summed E-state index contributed by atoms with van der Waals surface area (Å²) in [4.78, 5) is 16.4. The lowest BCUT2D eigenvalue weighted by Crippen LogP contribution is -2.36. The summed E-state index contributed by atoms with van der Waals surface area (Å²) in [6.45, 7) is 0.975. The van der Waals surface area contributed by atoms with E-state index in [0.29, 0.717) is 13.1 Å². The van der Waals surface area contributed by atoms with Crippen LogP contribution in [-0.2, 0) is 10.0 Å². The van der Waals surface area contributed by atoms with Crippen LogP contribution in [0.2, 0.25) is 10.2 Å². The van der Waals surface area contributed by atoms with Crippen molar-refractivity contribution >= 4 is 44.8 Å². The molecule has 0 spiro atoms. The zero-order valence-electron chi connectivity index (χ0n) is 13.8. The molecule has 138 valence electrons. The van der Waals surface area contributed by atoms with Gasteiger partial charge in [-0.15, -0.1) is 0 Å². The Kier molecular flexibility index (Phi) is 5.82. The van der Waals surface area contributed by atoms with Crippen LogP contribution in [-0.4, -0.2) is 36.7 Å². The first-order valence-corrected chi connectivity index (χ1v) is 10.3. The van der Waals surface area contributed by atoms with Crippen molar-refractivity contribution in [3.05, 3.63) is 52.3 Å². The molecule has 2 heterocycles. The topological polar surface area (TPSA) is 79.4 Å². The first-order chi connectivity index (χ1) is 12.4. The standard InChI is InChI=1S/C17H17Cl2N3O3S/c18-13-10-12(11-20-16(13)19)17(23)21-14-6-2-3-7-15(14)26(24,25)22-8-4-1-5-9-22/h2-3,6-7,10-11H,1,4-5,8-9H2,(H,21,23). The molecule has 1 aliphatic rings. The second kappa shape index (κ2) is 7.92. The van der Waals surface area contributed by atoms with Gasteiger partial charge in [0.05, 0.1) is 16.3 Å². The Labute approximate surface area is 162 Å². The largest absolute Gasteiger partial charge is 0.321 e. The first-order valence-electron chi connectivity index (χ1n) is 8.11. The number of hydrogen-bond acceptors (Lipinski definition) is 4. The number of benzene rings is 1. The van der Waals surface area contributed by atoms with E-state index in [-0.39, 0.29) is 26.3 Å². The number of rotatable bonds is 4. The van der Waals surface area contributed by atoms with Crippen molar-refractivity contribution in [1.82, 2.24) is 9.29 Å². The number of anilines is 1. The zero-order chi connectivity index (χ0) is 18.7. The number of halogens is 2. The highest BCUT2D eigenvalue weighted by atomic mass is 35.5. The summed E-state index contributed by atoms with van der Waals surface area (Å²) < 4.78 is 27.4. The van der Waals surface area contributed by atoms with Gasteiger partial charge in [-0.25, -0.2) is 13.4 Å². The average molecular weight is 414 g/mol. The van der Waals surface area contributed by atoms with Gasteiger partial charge in [-0.3, -0.25) is 4.79 Å². The number of para-hydroxylation sites is 1. The molecule has 1 amide bonds. The quantitative estimate of drug-likeness (QED) is 0.772. The van der Waals surface area contributed by atoms with Gasteiger partial charge in [0.15, 0.2) is 0 Å². The summed E-state index contributed by atoms with van der Waals surface area (Å²) in [5.41, 5.74) is 0.402. The van der Waals surface area contributed by atoms with Crippen molar-refractivity contribution in [3.8, 4) is 0 Å².